The number of hydrogen-bond donors (Lipinski definition) is 2. The van der Waals surface area contributed by atoms with E-state index >= 15 is 0 Å². The monoisotopic (exact) mass is 285 g/mol. The molecule has 1 aromatic carbocycles. The van der Waals surface area contributed by atoms with Gasteiger partial charge < -0.3 is 15.6 Å². The first-order valence-electron chi connectivity index (χ1n) is 6.08. The van der Waals surface area contributed by atoms with Gasteiger partial charge in [-0.2, -0.15) is 0 Å². The van der Waals surface area contributed by atoms with E-state index in [0.717, 1.165) is 5.56 Å². The molecule has 4 nitrogen and oxygen atoms in total. The molecule has 106 valence electrons. The molecular formula is C14H20ClNO3. The van der Waals surface area contributed by atoms with Gasteiger partial charge >= 0.3 is 0 Å². The minimum absolute atomic E-state index is 0.285. The molecule has 5 heteroatoms. The molecule has 0 heterocycles. The van der Waals surface area contributed by atoms with Crippen molar-refractivity contribution in [3.05, 3.63) is 34.9 Å². The number of primary amides is 1. The minimum atomic E-state index is -1.24. The molecule has 2 atom stereocenters. The molecule has 3 N–H and O–H groups in total. The van der Waals surface area contributed by atoms with Crippen LogP contribution in [0.4, 0.5) is 0 Å². The van der Waals surface area contributed by atoms with Gasteiger partial charge in [-0.05, 0) is 44.9 Å². The highest BCUT2D eigenvalue weighted by Crippen LogP contribution is 2.20. The molecule has 0 saturated heterocycles. The fraction of sp³-hybridized carbons (Fsp3) is 0.500. The maximum atomic E-state index is 11.5. The van der Waals surface area contributed by atoms with Crippen molar-refractivity contribution in [2.45, 2.75) is 39.1 Å². The van der Waals surface area contributed by atoms with Gasteiger partial charge in [0.2, 0.25) is 5.91 Å². The molecular weight excluding hydrogens is 266 g/mol. The van der Waals surface area contributed by atoms with E-state index in [2.05, 4.69) is 0 Å². The van der Waals surface area contributed by atoms with Crippen LogP contribution in [0.5, 0.6) is 0 Å². The van der Waals surface area contributed by atoms with Crippen LogP contribution in [0.25, 0.3) is 0 Å². The van der Waals surface area contributed by atoms with Crippen LogP contribution in [-0.4, -0.2) is 22.9 Å². The second-order valence-corrected chi connectivity index (χ2v) is 5.90. The van der Waals surface area contributed by atoms with Gasteiger partial charge in [0.05, 0.1) is 11.5 Å². The molecule has 0 spiro atoms. The van der Waals surface area contributed by atoms with Crippen molar-refractivity contribution in [2.24, 2.45) is 11.7 Å². The van der Waals surface area contributed by atoms with E-state index in [1.54, 1.807) is 39.0 Å². The number of aliphatic hydroxyl groups excluding tert-OH is 1. The lowest BCUT2D eigenvalue weighted by Crippen LogP contribution is -2.40. The van der Waals surface area contributed by atoms with Crippen LogP contribution >= 0.6 is 11.6 Å². The summed E-state index contributed by atoms with van der Waals surface area (Å²) in [5.74, 6) is -1.41. The molecule has 0 radical (unpaired) electrons. The fourth-order valence-corrected chi connectivity index (χ4v) is 1.92. The molecule has 19 heavy (non-hydrogen) atoms. The number of amides is 1. The summed E-state index contributed by atoms with van der Waals surface area (Å²) in [5, 5.41) is 10.6. The van der Waals surface area contributed by atoms with E-state index < -0.39 is 23.7 Å². The first kappa shape index (κ1) is 16.0. The van der Waals surface area contributed by atoms with Crippen LogP contribution in [0.1, 0.15) is 26.3 Å². The Kier molecular flexibility index (Phi) is 5.35. The average molecular weight is 286 g/mol. The minimum Gasteiger partial charge on any atom is -0.369 e. The van der Waals surface area contributed by atoms with Crippen LogP contribution in [0.2, 0.25) is 5.02 Å². The molecule has 0 bridgehead atoms. The third-order valence-electron chi connectivity index (χ3n) is 2.53. The topological polar surface area (TPSA) is 72.6 Å². The number of nitrogens with two attached hydrogens (primary N) is 1. The molecule has 1 rings (SSSR count). The van der Waals surface area contributed by atoms with Crippen molar-refractivity contribution in [1.82, 2.24) is 0 Å². The quantitative estimate of drug-likeness (QED) is 0.814. The average Bonchev–Trinajstić information content (AvgIpc) is 2.23. The Labute approximate surface area is 118 Å². The predicted molar refractivity (Wildman–Crippen MR) is 74.7 cm³/mol. The molecule has 0 aliphatic rings. The molecule has 0 aliphatic carbocycles. The zero-order valence-corrected chi connectivity index (χ0v) is 12.1. The molecule has 0 saturated carbocycles. The van der Waals surface area contributed by atoms with Gasteiger partial charge in [-0.1, -0.05) is 23.7 Å². The number of halogens is 1. The SMILES string of the molecule is CC(C)(C)OC(O)C(Cc1cccc(Cl)c1)C(N)=O. The molecule has 0 aromatic heterocycles. The predicted octanol–water partition coefficient (Wildman–Crippen LogP) is 2.12. The summed E-state index contributed by atoms with van der Waals surface area (Å²) in [7, 11) is 0. The van der Waals surface area contributed by atoms with Gasteiger partial charge in [0.1, 0.15) is 0 Å². The Hall–Kier alpha value is -1.10. The summed E-state index contributed by atoms with van der Waals surface area (Å²) >= 11 is 5.88. The second kappa shape index (κ2) is 6.37. The van der Waals surface area contributed by atoms with E-state index in [-0.39, 0.29) is 6.42 Å². The van der Waals surface area contributed by atoms with Crippen molar-refractivity contribution in [3.63, 3.8) is 0 Å². The van der Waals surface area contributed by atoms with Gasteiger partial charge in [0.15, 0.2) is 6.29 Å². The normalized spacial score (nSPS) is 15.0. The largest absolute Gasteiger partial charge is 0.369 e. The van der Waals surface area contributed by atoms with Crippen LogP contribution < -0.4 is 5.73 Å². The highest BCUT2D eigenvalue weighted by atomic mass is 35.5. The number of rotatable bonds is 5. The molecule has 0 aliphatic heterocycles. The number of carbonyl (C=O) groups excluding carboxylic acids is 1. The van der Waals surface area contributed by atoms with Gasteiger partial charge in [-0.25, -0.2) is 0 Å². The number of carbonyl (C=O) groups is 1. The Morgan fingerprint density at radius 1 is 1.47 bits per heavy atom. The lowest BCUT2D eigenvalue weighted by molar-refractivity contribution is -0.192. The Balaban J connectivity index is 2.81. The number of ether oxygens (including phenoxy) is 1. The highest BCUT2D eigenvalue weighted by Gasteiger charge is 2.29. The summed E-state index contributed by atoms with van der Waals surface area (Å²) < 4.78 is 5.39. The summed E-state index contributed by atoms with van der Waals surface area (Å²) in [4.78, 5) is 11.5. The van der Waals surface area contributed by atoms with Crippen molar-refractivity contribution in [1.29, 1.82) is 0 Å². The number of aliphatic hydroxyl groups is 1. The van der Waals surface area contributed by atoms with Gasteiger partial charge in [-0.3, -0.25) is 4.79 Å². The lowest BCUT2D eigenvalue weighted by Gasteiger charge is -2.28. The summed E-state index contributed by atoms with van der Waals surface area (Å²) in [6.45, 7) is 5.40. The Bertz CT molecular complexity index is 443. The lowest BCUT2D eigenvalue weighted by atomic mass is 9.97. The van der Waals surface area contributed by atoms with E-state index in [0.29, 0.717) is 5.02 Å². The third kappa shape index (κ3) is 5.59. The van der Waals surface area contributed by atoms with Crippen molar-refractivity contribution >= 4 is 17.5 Å². The van der Waals surface area contributed by atoms with E-state index in [1.165, 1.54) is 0 Å². The summed E-state index contributed by atoms with van der Waals surface area (Å²) in [6, 6.07) is 7.09. The molecule has 0 fully saturated rings. The fourth-order valence-electron chi connectivity index (χ4n) is 1.70. The standard InChI is InChI=1S/C14H20ClNO3/c1-14(2,3)19-13(18)11(12(16)17)8-9-5-4-6-10(15)7-9/h4-7,11,13,18H,8H2,1-3H3,(H2,16,17). The zero-order valence-electron chi connectivity index (χ0n) is 11.4. The third-order valence-corrected chi connectivity index (χ3v) is 2.76. The second-order valence-electron chi connectivity index (χ2n) is 5.46. The smallest absolute Gasteiger partial charge is 0.225 e. The summed E-state index contributed by atoms with van der Waals surface area (Å²) in [6.07, 6.45) is -0.955. The van der Waals surface area contributed by atoms with Gasteiger partial charge in [-0.15, -0.1) is 0 Å². The number of benzene rings is 1. The Morgan fingerprint density at radius 2 is 2.11 bits per heavy atom. The van der Waals surface area contributed by atoms with E-state index in [1.807, 2.05) is 6.07 Å². The Morgan fingerprint density at radius 3 is 2.58 bits per heavy atom. The molecule has 1 amide bonds. The first-order chi connectivity index (χ1) is 8.69. The zero-order chi connectivity index (χ0) is 14.6. The van der Waals surface area contributed by atoms with Gasteiger partial charge in [0, 0.05) is 5.02 Å². The van der Waals surface area contributed by atoms with Crippen molar-refractivity contribution in [2.75, 3.05) is 0 Å². The van der Waals surface area contributed by atoms with E-state index in [9.17, 15) is 9.90 Å². The maximum absolute atomic E-state index is 11.5. The molecule has 2 unspecified atom stereocenters. The van der Waals surface area contributed by atoms with Crippen LogP contribution in [0.3, 0.4) is 0 Å². The van der Waals surface area contributed by atoms with Gasteiger partial charge in [0.25, 0.3) is 0 Å². The van der Waals surface area contributed by atoms with E-state index in [4.69, 9.17) is 22.1 Å². The highest BCUT2D eigenvalue weighted by molar-refractivity contribution is 6.30. The van der Waals surface area contributed by atoms with Crippen molar-refractivity contribution in [3.8, 4) is 0 Å². The van der Waals surface area contributed by atoms with Crippen LogP contribution in [-0.2, 0) is 16.0 Å². The number of hydrogen-bond acceptors (Lipinski definition) is 3. The first-order valence-corrected chi connectivity index (χ1v) is 6.46. The molecule has 1 aromatic rings. The van der Waals surface area contributed by atoms with Crippen LogP contribution in [0, 0.1) is 5.92 Å². The van der Waals surface area contributed by atoms with Crippen molar-refractivity contribution < 1.29 is 14.6 Å². The maximum Gasteiger partial charge on any atom is 0.225 e. The van der Waals surface area contributed by atoms with Crippen LogP contribution in [0.15, 0.2) is 24.3 Å². The summed E-state index contributed by atoms with van der Waals surface area (Å²) in [5.41, 5.74) is 5.60.